The fourth-order valence-corrected chi connectivity index (χ4v) is 6.67. The Kier molecular flexibility index (Phi) is 7.06. The van der Waals surface area contributed by atoms with Crippen LogP contribution in [0.3, 0.4) is 0 Å². The molecule has 4 rings (SSSR count). The van der Waals surface area contributed by atoms with Crippen LogP contribution in [0, 0.1) is 5.82 Å². The maximum atomic E-state index is 14.0. The lowest BCUT2D eigenvalue weighted by Gasteiger charge is -2.27. The molecule has 1 atom stereocenters. The molecule has 0 unspecified atom stereocenters. The molecule has 0 bridgehead atoms. The zero-order valence-corrected chi connectivity index (χ0v) is 19.9. The van der Waals surface area contributed by atoms with Crippen molar-refractivity contribution in [3.63, 3.8) is 0 Å². The summed E-state index contributed by atoms with van der Waals surface area (Å²) in [6.45, 7) is 2.51. The van der Waals surface area contributed by atoms with Crippen molar-refractivity contribution in [2.45, 2.75) is 47.6 Å². The van der Waals surface area contributed by atoms with Gasteiger partial charge in [-0.05, 0) is 43.2 Å². The van der Waals surface area contributed by atoms with Crippen LogP contribution in [-0.4, -0.2) is 49.4 Å². The van der Waals surface area contributed by atoms with Crippen molar-refractivity contribution in [3.8, 4) is 0 Å². The minimum absolute atomic E-state index is 0.0224. The number of sulfonamides is 1. The molecule has 2 heterocycles. The summed E-state index contributed by atoms with van der Waals surface area (Å²) in [7, 11) is -3.71. The van der Waals surface area contributed by atoms with Crippen molar-refractivity contribution in [3.05, 3.63) is 48.3 Å². The molecular formula is C23H26FN3O4S2. The van der Waals surface area contributed by atoms with Crippen molar-refractivity contribution in [1.29, 1.82) is 0 Å². The number of halogens is 1. The fraction of sp³-hybridized carbons (Fsp3) is 0.391. The molecule has 1 fully saturated rings. The lowest BCUT2D eigenvalue weighted by atomic mass is 10.2. The Balaban J connectivity index is 1.65. The van der Waals surface area contributed by atoms with Crippen molar-refractivity contribution >= 4 is 45.0 Å². The van der Waals surface area contributed by atoms with Gasteiger partial charge in [0.2, 0.25) is 21.8 Å². The minimum atomic E-state index is -3.71. The van der Waals surface area contributed by atoms with Gasteiger partial charge in [-0.1, -0.05) is 25.5 Å². The molecule has 2 amide bonds. The second-order valence-corrected chi connectivity index (χ2v) is 11.7. The van der Waals surface area contributed by atoms with Gasteiger partial charge in [-0.3, -0.25) is 9.59 Å². The molecule has 33 heavy (non-hydrogen) atoms. The lowest BCUT2D eigenvalue weighted by molar-refractivity contribution is -0.121. The van der Waals surface area contributed by atoms with Gasteiger partial charge in [0.25, 0.3) is 0 Å². The fourth-order valence-electron chi connectivity index (χ4n) is 4.04. The summed E-state index contributed by atoms with van der Waals surface area (Å²) in [6, 6.07) is 10.5. The van der Waals surface area contributed by atoms with E-state index in [1.54, 1.807) is 18.2 Å². The number of thioether (sulfide) groups is 1. The highest BCUT2D eigenvalue weighted by molar-refractivity contribution is 8.00. The first-order chi connectivity index (χ1) is 15.8. The van der Waals surface area contributed by atoms with Gasteiger partial charge in [0.05, 0.1) is 16.3 Å². The number of nitrogens with one attached hydrogen (secondary N) is 1. The molecule has 2 aromatic rings. The molecule has 10 heteroatoms. The Bertz CT molecular complexity index is 1170. The minimum Gasteiger partial charge on any atom is -0.322 e. The highest BCUT2D eigenvalue weighted by atomic mass is 32.2. The molecule has 0 aliphatic carbocycles. The van der Waals surface area contributed by atoms with Crippen LogP contribution in [0.15, 0.2) is 52.3 Å². The van der Waals surface area contributed by atoms with E-state index >= 15 is 0 Å². The Morgan fingerprint density at radius 3 is 2.61 bits per heavy atom. The molecule has 2 aromatic carbocycles. The van der Waals surface area contributed by atoms with Gasteiger partial charge in [-0.2, -0.15) is 4.31 Å². The molecule has 176 valence electrons. The maximum Gasteiger partial charge on any atom is 0.244 e. The van der Waals surface area contributed by atoms with Gasteiger partial charge in [-0.25, -0.2) is 12.8 Å². The van der Waals surface area contributed by atoms with E-state index in [4.69, 9.17) is 0 Å². The van der Waals surface area contributed by atoms with Gasteiger partial charge in [-0.15, -0.1) is 11.8 Å². The van der Waals surface area contributed by atoms with Crippen LogP contribution in [0.25, 0.3) is 0 Å². The normalized spacial score (nSPS) is 19.6. The third-order valence-corrected chi connectivity index (χ3v) is 8.78. The van der Waals surface area contributed by atoms with Crippen molar-refractivity contribution in [2.24, 2.45) is 0 Å². The lowest BCUT2D eigenvalue weighted by Crippen LogP contribution is -2.39. The van der Waals surface area contributed by atoms with E-state index in [-0.39, 0.29) is 34.7 Å². The largest absolute Gasteiger partial charge is 0.322 e. The van der Waals surface area contributed by atoms with Crippen LogP contribution >= 0.6 is 11.8 Å². The van der Waals surface area contributed by atoms with Crippen LogP contribution in [0.4, 0.5) is 15.8 Å². The maximum absolute atomic E-state index is 14.0. The predicted octanol–water partition coefficient (Wildman–Crippen LogP) is 3.86. The monoisotopic (exact) mass is 491 g/mol. The Morgan fingerprint density at radius 2 is 1.88 bits per heavy atom. The van der Waals surface area contributed by atoms with Gasteiger partial charge < -0.3 is 10.2 Å². The average molecular weight is 492 g/mol. The van der Waals surface area contributed by atoms with E-state index in [0.717, 1.165) is 24.2 Å². The molecule has 0 aromatic heterocycles. The summed E-state index contributed by atoms with van der Waals surface area (Å²) in [6.07, 6.45) is 2.83. The number of para-hydroxylation sites is 1. The number of benzene rings is 2. The third kappa shape index (κ3) is 5.23. The molecule has 2 aliphatic heterocycles. The van der Waals surface area contributed by atoms with E-state index in [0.29, 0.717) is 18.8 Å². The average Bonchev–Trinajstić information content (AvgIpc) is 2.90. The van der Waals surface area contributed by atoms with E-state index in [1.807, 2.05) is 6.92 Å². The number of nitrogens with zero attached hydrogens (tertiary/aromatic N) is 2. The molecule has 1 N–H and O–H groups in total. The number of carbonyl (C=O) groups excluding carboxylic acids is 2. The van der Waals surface area contributed by atoms with Crippen LogP contribution in [0.2, 0.25) is 0 Å². The number of hydrogen-bond donors (Lipinski definition) is 1. The molecule has 0 saturated carbocycles. The topological polar surface area (TPSA) is 86.8 Å². The summed E-state index contributed by atoms with van der Waals surface area (Å²) in [5, 5.41) is 2.45. The third-order valence-electron chi connectivity index (χ3n) is 5.71. The molecule has 0 spiro atoms. The van der Waals surface area contributed by atoms with Crippen LogP contribution in [0.5, 0.6) is 0 Å². The van der Waals surface area contributed by atoms with Crippen molar-refractivity contribution in [2.75, 3.05) is 29.9 Å². The van der Waals surface area contributed by atoms with Crippen LogP contribution in [0.1, 0.15) is 32.6 Å². The first-order valence-electron chi connectivity index (χ1n) is 10.9. The second kappa shape index (κ2) is 9.82. The Hall–Kier alpha value is -2.43. The molecule has 1 saturated heterocycles. The van der Waals surface area contributed by atoms with Crippen molar-refractivity contribution in [1.82, 2.24) is 4.31 Å². The quantitative estimate of drug-likeness (QED) is 0.687. The Morgan fingerprint density at radius 1 is 1.15 bits per heavy atom. The SMILES string of the molecule is C[C@@H]1CC(=O)N(CC(=O)Nc2ccccc2F)c2cc(S(=O)(=O)N3CCCCC3)ccc2S1. The van der Waals surface area contributed by atoms with Crippen molar-refractivity contribution < 1.29 is 22.4 Å². The van der Waals surface area contributed by atoms with Crippen LogP contribution in [-0.2, 0) is 19.6 Å². The number of carbonyl (C=O) groups is 2. The predicted molar refractivity (Wildman–Crippen MR) is 126 cm³/mol. The molecular weight excluding hydrogens is 465 g/mol. The number of hydrogen-bond acceptors (Lipinski definition) is 5. The highest BCUT2D eigenvalue weighted by Crippen LogP contribution is 2.39. The summed E-state index contributed by atoms with van der Waals surface area (Å²) in [5.41, 5.74) is 0.408. The van der Waals surface area contributed by atoms with Crippen LogP contribution < -0.4 is 10.2 Å². The van der Waals surface area contributed by atoms with Gasteiger partial charge in [0.1, 0.15) is 12.4 Å². The zero-order chi connectivity index (χ0) is 23.6. The Labute approximate surface area is 197 Å². The summed E-state index contributed by atoms with van der Waals surface area (Å²) >= 11 is 1.47. The first kappa shape index (κ1) is 23.7. The number of anilines is 2. The van der Waals surface area contributed by atoms with E-state index in [1.165, 1.54) is 45.2 Å². The number of fused-ring (bicyclic) bond motifs is 1. The summed E-state index contributed by atoms with van der Waals surface area (Å²) < 4.78 is 41.8. The summed E-state index contributed by atoms with van der Waals surface area (Å²) in [4.78, 5) is 27.8. The zero-order valence-electron chi connectivity index (χ0n) is 18.3. The number of rotatable bonds is 5. The first-order valence-corrected chi connectivity index (χ1v) is 13.2. The molecule has 7 nitrogen and oxygen atoms in total. The second-order valence-electron chi connectivity index (χ2n) is 8.23. The van der Waals surface area contributed by atoms with Gasteiger partial charge in [0, 0.05) is 29.7 Å². The molecule has 0 radical (unpaired) electrons. The van der Waals surface area contributed by atoms with E-state index in [2.05, 4.69) is 5.32 Å². The van der Waals surface area contributed by atoms with Gasteiger partial charge in [0.15, 0.2) is 0 Å². The summed E-state index contributed by atoms with van der Waals surface area (Å²) in [5.74, 6) is -1.43. The number of piperidine rings is 1. The molecule has 2 aliphatic rings. The van der Waals surface area contributed by atoms with E-state index < -0.39 is 21.7 Å². The highest BCUT2D eigenvalue weighted by Gasteiger charge is 2.32. The van der Waals surface area contributed by atoms with Gasteiger partial charge >= 0.3 is 0 Å². The van der Waals surface area contributed by atoms with E-state index in [9.17, 15) is 22.4 Å². The number of amides is 2. The standard InChI is InChI=1S/C23H26FN3O4S2/c1-16-13-23(29)27(15-22(28)25-19-8-4-3-7-18(19)24)20-14-17(9-10-21(20)32-16)33(30,31)26-11-5-2-6-12-26/h3-4,7-10,14,16H,2,5-6,11-13,15H2,1H3,(H,25,28)/t16-/m1/s1. The smallest absolute Gasteiger partial charge is 0.244 e.